The number of hydrogen-bond donors (Lipinski definition) is 0. The first-order valence-electron chi connectivity index (χ1n) is 11.1. The molecule has 0 aliphatic carbocycles. The van der Waals surface area contributed by atoms with Crippen LogP contribution in [0.15, 0.2) is 73.7 Å². The topological polar surface area (TPSA) is 19.4 Å². The second-order valence-electron chi connectivity index (χ2n) is 8.06. The fraction of sp³-hybridized carbons (Fsp3) is 0.500. The summed E-state index contributed by atoms with van der Waals surface area (Å²) in [5, 5.41) is 0. The third-order valence-electron chi connectivity index (χ3n) is 6.39. The Balaban J connectivity index is 2.03. The smallest absolute Gasteiger partial charge is 0.144 e. The zero-order valence-corrected chi connectivity index (χ0v) is 19.1. The van der Waals surface area contributed by atoms with Crippen LogP contribution in [0.3, 0.4) is 0 Å². The maximum absolute atomic E-state index is 2.56. The van der Waals surface area contributed by atoms with Gasteiger partial charge in [0, 0.05) is 0 Å². The van der Waals surface area contributed by atoms with Gasteiger partial charge in [-0.3, -0.25) is 0 Å². The molecule has 0 atom stereocenters. The van der Waals surface area contributed by atoms with Gasteiger partial charge in [-0.25, -0.2) is 0 Å². The summed E-state index contributed by atoms with van der Waals surface area (Å²) in [6.07, 6.45) is 28.0. The monoisotopic (exact) mass is 408 g/mol. The lowest BCUT2D eigenvalue weighted by atomic mass is 10.1. The fourth-order valence-corrected chi connectivity index (χ4v) is 5.80. The molecule has 5 fully saturated rings. The molecule has 0 saturated carbocycles. The minimum Gasteiger partial charge on any atom is -0.330 e. The van der Waals surface area contributed by atoms with E-state index >= 15 is 0 Å². The maximum atomic E-state index is 2.56. The Hall–Kier alpha value is -2.76. The summed E-state index contributed by atoms with van der Waals surface area (Å²) in [6, 6.07) is 0. The third-order valence-corrected chi connectivity index (χ3v) is 6.39. The first-order valence-corrected chi connectivity index (χ1v) is 11.1. The fourth-order valence-electron chi connectivity index (χ4n) is 5.80. The maximum Gasteiger partial charge on any atom is 0.144 e. The predicted octanol–water partition coefficient (Wildman–Crippen LogP) is 4.01. The average molecular weight is 409 g/mol. The van der Waals surface area contributed by atoms with Gasteiger partial charge in [0.05, 0.1) is 0 Å². The number of hydrogen-bond acceptors (Lipinski definition) is 6. The van der Waals surface area contributed by atoms with E-state index in [0.29, 0.717) is 0 Å². The van der Waals surface area contributed by atoms with Gasteiger partial charge in [-0.15, -0.1) is 0 Å². The Bertz CT molecular complexity index is 678. The Morgan fingerprint density at radius 2 is 0.433 bits per heavy atom. The summed E-state index contributed by atoms with van der Waals surface area (Å²) in [5.74, 6) is 0. The third kappa shape index (κ3) is 2.62. The Morgan fingerprint density at radius 3 is 0.533 bits per heavy atom. The zero-order chi connectivity index (χ0) is 21.4. The minimum absolute atomic E-state index is 0.192. The molecule has 6 bridgehead atoms. The molecule has 0 aromatic rings. The summed E-state index contributed by atoms with van der Waals surface area (Å²) >= 11 is 0. The van der Waals surface area contributed by atoms with Crippen molar-refractivity contribution >= 4 is 0 Å². The Morgan fingerprint density at radius 1 is 0.300 bits per heavy atom. The summed E-state index contributed by atoms with van der Waals surface area (Å²) in [4.78, 5) is 15.3. The molecule has 5 aliphatic heterocycles. The van der Waals surface area contributed by atoms with Crippen molar-refractivity contribution in [2.75, 3.05) is 0 Å². The first kappa shape index (κ1) is 20.5. The molecule has 0 unspecified atom stereocenters. The van der Waals surface area contributed by atoms with Crippen LogP contribution in [0.1, 0.15) is 41.5 Å². The summed E-state index contributed by atoms with van der Waals surface area (Å²) in [6.45, 7) is 12.7. The van der Waals surface area contributed by atoms with Crippen LogP contribution in [0.25, 0.3) is 0 Å². The molecule has 5 aliphatic rings. The van der Waals surface area contributed by atoms with Crippen LogP contribution in [0.2, 0.25) is 0 Å². The molecule has 5 rings (SSSR count). The molecular weight excluding hydrogens is 372 g/mol. The molecule has 162 valence electrons. The van der Waals surface area contributed by atoms with Gasteiger partial charge in [0.25, 0.3) is 0 Å². The lowest BCUT2D eigenvalue weighted by Gasteiger charge is -2.54. The van der Waals surface area contributed by atoms with E-state index in [-0.39, 0.29) is 37.0 Å². The standard InChI is InChI=1S/C24H36N6/c1-7-13-25-19-20-26(14-8-2)23(25)24-27(15-9-3)21(29(19)17-11-5)22(28(24)16-10-4)30(20)18-12-6/h7-24H,1-6H3/b13-7+,14-8+,15-9+,16-10+,17-11+,18-12+. The van der Waals surface area contributed by atoms with Crippen molar-refractivity contribution in [1.82, 2.24) is 29.4 Å². The molecule has 6 nitrogen and oxygen atoms in total. The highest BCUT2D eigenvalue weighted by molar-refractivity contribution is 5.25. The highest BCUT2D eigenvalue weighted by Gasteiger charge is 2.69. The highest BCUT2D eigenvalue weighted by atomic mass is 15.8. The van der Waals surface area contributed by atoms with Crippen molar-refractivity contribution in [3.05, 3.63) is 73.7 Å². The molecule has 0 N–H and O–H groups in total. The van der Waals surface area contributed by atoms with Crippen LogP contribution in [0.4, 0.5) is 0 Å². The summed E-state index contributed by atoms with van der Waals surface area (Å²) in [5.41, 5.74) is 0. The van der Waals surface area contributed by atoms with Crippen molar-refractivity contribution in [3.63, 3.8) is 0 Å². The number of nitrogens with zero attached hydrogens (tertiary/aromatic N) is 6. The van der Waals surface area contributed by atoms with E-state index in [1.54, 1.807) is 0 Å². The van der Waals surface area contributed by atoms with E-state index in [9.17, 15) is 0 Å². The van der Waals surface area contributed by atoms with Crippen LogP contribution in [-0.4, -0.2) is 66.4 Å². The van der Waals surface area contributed by atoms with Crippen molar-refractivity contribution in [2.45, 2.75) is 78.5 Å². The van der Waals surface area contributed by atoms with E-state index < -0.39 is 0 Å². The highest BCUT2D eigenvalue weighted by Crippen LogP contribution is 2.52. The van der Waals surface area contributed by atoms with Gasteiger partial charge in [-0.2, -0.15) is 0 Å². The van der Waals surface area contributed by atoms with E-state index in [2.05, 4.69) is 145 Å². The summed E-state index contributed by atoms with van der Waals surface area (Å²) in [7, 11) is 0. The van der Waals surface area contributed by atoms with Gasteiger partial charge < -0.3 is 29.4 Å². The van der Waals surface area contributed by atoms with Crippen LogP contribution >= 0.6 is 0 Å². The SMILES string of the molecule is C/C=C/N1C2C3N(/C=C/C)C1C1N(/C=C/C)C(C(N1/C=C/C)N3/C=C/C)N2/C=C/C. The number of rotatable bonds is 6. The Labute approximate surface area is 182 Å². The molecule has 0 aromatic carbocycles. The minimum atomic E-state index is 0.192. The predicted molar refractivity (Wildman–Crippen MR) is 123 cm³/mol. The van der Waals surface area contributed by atoms with Crippen LogP contribution in [0, 0.1) is 0 Å². The number of piperazine rings is 1. The van der Waals surface area contributed by atoms with E-state index in [4.69, 9.17) is 0 Å². The normalized spacial score (nSPS) is 35.8. The molecule has 5 heterocycles. The van der Waals surface area contributed by atoms with E-state index in [1.165, 1.54) is 0 Å². The second kappa shape index (κ2) is 8.17. The van der Waals surface area contributed by atoms with Gasteiger partial charge in [-0.05, 0) is 78.7 Å². The molecule has 0 radical (unpaired) electrons. The van der Waals surface area contributed by atoms with Crippen LogP contribution < -0.4 is 0 Å². The molecule has 0 spiro atoms. The van der Waals surface area contributed by atoms with Crippen molar-refractivity contribution < 1.29 is 0 Å². The van der Waals surface area contributed by atoms with Crippen molar-refractivity contribution in [3.8, 4) is 0 Å². The van der Waals surface area contributed by atoms with E-state index in [1.807, 2.05) is 0 Å². The van der Waals surface area contributed by atoms with Crippen molar-refractivity contribution in [1.29, 1.82) is 0 Å². The van der Waals surface area contributed by atoms with E-state index in [0.717, 1.165) is 0 Å². The number of allylic oxidation sites excluding steroid dienone is 6. The summed E-state index contributed by atoms with van der Waals surface area (Å²) < 4.78 is 0. The quantitative estimate of drug-likeness (QED) is 0.657. The lowest BCUT2D eigenvalue weighted by molar-refractivity contribution is -0.0929. The van der Waals surface area contributed by atoms with Gasteiger partial charge >= 0.3 is 0 Å². The Kier molecular flexibility index (Phi) is 5.58. The molecular formula is C24H36N6. The molecule has 6 heteroatoms. The molecule has 5 saturated heterocycles. The zero-order valence-electron chi connectivity index (χ0n) is 19.1. The van der Waals surface area contributed by atoms with Gasteiger partial charge in [-0.1, -0.05) is 36.5 Å². The molecule has 0 amide bonds. The van der Waals surface area contributed by atoms with Crippen LogP contribution in [-0.2, 0) is 0 Å². The average Bonchev–Trinajstić information content (AvgIpc) is 3.14. The largest absolute Gasteiger partial charge is 0.330 e. The molecule has 30 heavy (non-hydrogen) atoms. The van der Waals surface area contributed by atoms with Crippen molar-refractivity contribution in [2.24, 2.45) is 0 Å². The van der Waals surface area contributed by atoms with Gasteiger partial charge in [0.15, 0.2) is 0 Å². The second-order valence-corrected chi connectivity index (χ2v) is 8.06. The van der Waals surface area contributed by atoms with Crippen LogP contribution in [0.5, 0.6) is 0 Å². The first-order chi connectivity index (χ1) is 14.7. The lowest BCUT2D eigenvalue weighted by Crippen LogP contribution is -2.70. The van der Waals surface area contributed by atoms with Gasteiger partial charge in [0.2, 0.25) is 0 Å². The molecule has 0 aromatic heterocycles. The van der Waals surface area contributed by atoms with Gasteiger partial charge in [0.1, 0.15) is 37.0 Å².